The summed E-state index contributed by atoms with van der Waals surface area (Å²) in [5.74, 6) is -0.510. The minimum Gasteiger partial charge on any atom is -0.506 e. The zero-order chi connectivity index (χ0) is 20.4. The smallest absolute Gasteiger partial charge is 0.296 e. The second-order valence-electron chi connectivity index (χ2n) is 6.99. The molecule has 1 amide bonds. The number of nitrogens with zero attached hydrogens (tertiary/aromatic N) is 2. The fraction of sp³-hybridized carbons (Fsp3) is 0.278. The number of hydrogen-bond acceptors (Lipinski definition) is 6. The molecule has 3 N–H and O–H groups in total. The molecule has 0 heterocycles. The minimum atomic E-state index is -4.61. The van der Waals surface area contributed by atoms with E-state index < -0.39 is 20.9 Å². The van der Waals surface area contributed by atoms with Crippen molar-refractivity contribution in [2.75, 3.05) is 5.32 Å². The van der Waals surface area contributed by atoms with Crippen LogP contribution in [-0.2, 0) is 20.3 Å². The maximum absolute atomic E-state index is 11.6. The first-order valence-corrected chi connectivity index (χ1v) is 9.46. The molecule has 0 aliphatic carbocycles. The van der Waals surface area contributed by atoms with Gasteiger partial charge in [-0.05, 0) is 41.3 Å². The maximum Gasteiger partial charge on any atom is 0.296 e. The summed E-state index contributed by atoms with van der Waals surface area (Å²) < 4.78 is 32.7. The van der Waals surface area contributed by atoms with Crippen molar-refractivity contribution in [3.05, 3.63) is 42.0 Å². The number of carbonyl (C=O) groups excluding carboxylic acids is 1. The highest BCUT2D eigenvalue weighted by Gasteiger charge is 2.18. The molecule has 144 valence electrons. The van der Waals surface area contributed by atoms with Crippen LogP contribution in [0.5, 0.6) is 5.75 Å². The molecule has 0 saturated carbocycles. The summed E-state index contributed by atoms with van der Waals surface area (Å²) in [5, 5.41) is 20.2. The molecule has 2 aromatic rings. The van der Waals surface area contributed by atoms with Gasteiger partial charge in [0.2, 0.25) is 5.91 Å². The number of carbonyl (C=O) groups is 1. The maximum atomic E-state index is 11.6. The van der Waals surface area contributed by atoms with Gasteiger partial charge in [0.15, 0.2) is 0 Å². The molecule has 2 aromatic carbocycles. The molecule has 0 spiro atoms. The third-order valence-electron chi connectivity index (χ3n) is 3.66. The van der Waals surface area contributed by atoms with Crippen molar-refractivity contribution >= 4 is 33.1 Å². The van der Waals surface area contributed by atoms with Crippen LogP contribution in [0, 0.1) is 0 Å². The molecule has 0 aliphatic heterocycles. The number of amides is 1. The lowest BCUT2D eigenvalue weighted by atomic mass is 9.87. The largest absolute Gasteiger partial charge is 0.506 e. The first-order chi connectivity index (χ1) is 12.4. The van der Waals surface area contributed by atoms with Crippen LogP contribution < -0.4 is 5.32 Å². The van der Waals surface area contributed by atoms with Crippen molar-refractivity contribution in [2.45, 2.75) is 38.0 Å². The minimum absolute atomic E-state index is 0.116. The fourth-order valence-corrected chi connectivity index (χ4v) is 2.91. The zero-order valence-electron chi connectivity index (χ0n) is 15.4. The summed E-state index contributed by atoms with van der Waals surface area (Å²) in [6, 6.07) is 8.70. The van der Waals surface area contributed by atoms with Crippen molar-refractivity contribution in [3.8, 4) is 5.75 Å². The number of phenols is 1. The van der Waals surface area contributed by atoms with Crippen LogP contribution in [0.3, 0.4) is 0 Å². The molecule has 8 nitrogen and oxygen atoms in total. The molecule has 2 rings (SSSR count). The molecule has 0 bridgehead atoms. The van der Waals surface area contributed by atoms with Crippen LogP contribution in [0.1, 0.15) is 33.3 Å². The van der Waals surface area contributed by atoms with Gasteiger partial charge < -0.3 is 10.4 Å². The molecule has 0 fully saturated rings. The number of nitrogens with one attached hydrogen (secondary N) is 1. The predicted molar refractivity (Wildman–Crippen MR) is 102 cm³/mol. The Balaban J connectivity index is 2.49. The van der Waals surface area contributed by atoms with Crippen molar-refractivity contribution in [1.29, 1.82) is 0 Å². The van der Waals surface area contributed by atoms with Crippen LogP contribution in [0.15, 0.2) is 51.5 Å². The topological polar surface area (TPSA) is 128 Å². The highest BCUT2D eigenvalue weighted by molar-refractivity contribution is 7.86. The Bertz CT molecular complexity index is 1010. The number of benzene rings is 2. The van der Waals surface area contributed by atoms with Crippen molar-refractivity contribution in [2.24, 2.45) is 10.2 Å². The third kappa shape index (κ3) is 5.35. The normalized spacial score (nSPS) is 12.3. The van der Waals surface area contributed by atoms with Gasteiger partial charge in [-0.2, -0.15) is 8.42 Å². The first-order valence-electron chi connectivity index (χ1n) is 8.02. The monoisotopic (exact) mass is 391 g/mol. The third-order valence-corrected chi connectivity index (χ3v) is 4.55. The summed E-state index contributed by atoms with van der Waals surface area (Å²) in [6.07, 6.45) is 0. The van der Waals surface area contributed by atoms with Gasteiger partial charge in [0.1, 0.15) is 22.0 Å². The molecule has 0 aromatic heterocycles. The van der Waals surface area contributed by atoms with E-state index in [-0.39, 0.29) is 28.2 Å². The summed E-state index contributed by atoms with van der Waals surface area (Å²) >= 11 is 0. The van der Waals surface area contributed by atoms with E-state index in [2.05, 4.69) is 15.5 Å². The van der Waals surface area contributed by atoms with Gasteiger partial charge in [0.25, 0.3) is 10.1 Å². The van der Waals surface area contributed by atoms with E-state index in [0.717, 1.165) is 11.6 Å². The highest BCUT2D eigenvalue weighted by atomic mass is 32.2. The number of phenolic OH excluding ortho intramolecular Hbond substituents is 1. The molecule has 0 unspecified atom stereocenters. The molecule has 0 atom stereocenters. The molecule has 0 aliphatic rings. The Morgan fingerprint density at radius 3 is 2.22 bits per heavy atom. The van der Waals surface area contributed by atoms with Gasteiger partial charge in [0.05, 0.1) is 0 Å². The van der Waals surface area contributed by atoms with Crippen LogP contribution >= 0.6 is 0 Å². The van der Waals surface area contributed by atoms with E-state index in [1.54, 1.807) is 12.1 Å². The second kappa shape index (κ2) is 7.45. The summed E-state index contributed by atoms with van der Waals surface area (Å²) in [4.78, 5) is 10.6. The highest BCUT2D eigenvalue weighted by Crippen LogP contribution is 2.35. The van der Waals surface area contributed by atoms with Crippen LogP contribution in [-0.4, -0.2) is 24.0 Å². The number of hydrogen-bond donors (Lipinski definition) is 3. The Kier molecular flexibility index (Phi) is 5.67. The van der Waals surface area contributed by atoms with Gasteiger partial charge in [-0.15, -0.1) is 10.2 Å². The first kappa shape index (κ1) is 20.5. The molecule has 0 radical (unpaired) electrons. The molecular weight excluding hydrogens is 370 g/mol. The van der Waals surface area contributed by atoms with Gasteiger partial charge in [-0.3, -0.25) is 9.35 Å². The quantitative estimate of drug-likeness (QED) is 0.528. The van der Waals surface area contributed by atoms with Crippen LogP contribution in [0.2, 0.25) is 0 Å². The van der Waals surface area contributed by atoms with Crippen LogP contribution in [0.4, 0.5) is 17.1 Å². The van der Waals surface area contributed by atoms with Gasteiger partial charge in [-0.25, -0.2) is 0 Å². The number of anilines is 1. The molecule has 0 saturated heterocycles. The van der Waals surface area contributed by atoms with Crippen molar-refractivity contribution in [1.82, 2.24) is 0 Å². The van der Waals surface area contributed by atoms with Crippen molar-refractivity contribution in [3.63, 3.8) is 0 Å². The lowest BCUT2D eigenvalue weighted by Crippen LogP contribution is -2.10. The zero-order valence-corrected chi connectivity index (χ0v) is 16.2. The lowest BCUT2D eigenvalue weighted by molar-refractivity contribution is -0.114. The van der Waals surface area contributed by atoms with E-state index in [0.29, 0.717) is 0 Å². The standard InChI is InChI=1S/C18H21N3O5S/c1-11(22)19-13-6-7-14(17(10-13)27(24,25)26)20-21-15-9-12(18(2,3)4)5-8-16(15)23/h5-10,23H,1-4H3,(H,19,22)(H,24,25,26). The van der Waals surface area contributed by atoms with E-state index in [1.165, 1.54) is 25.1 Å². The Hall–Kier alpha value is -2.78. The summed E-state index contributed by atoms with van der Waals surface area (Å²) in [6.45, 7) is 7.26. The van der Waals surface area contributed by atoms with Crippen LogP contribution in [0.25, 0.3) is 0 Å². The molecule has 27 heavy (non-hydrogen) atoms. The summed E-state index contributed by atoms with van der Waals surface area (Å²) in [5.41, 5.74) is 0.941. The average molecular weight is 391 g/mol. The van der Waals surface area contributed by atoms with E-state index in [1.807, 2.05) is 20.8 Å². The average Bonchev–Trinajstić information content (AvgIpc) is 2.52. The number of azo groups is 1. The summed E-state index contributed by atoms with van der Waals surface area (Å²) in [7, 11) is -4.61. The molecule has 9 heteroatoms. The van der Waals surface area contributed by atoms with Gasteiger partial charge >= 0.3 is 0 Å². The Morgan fingerprint density at radius 2 is 1.67 bits per heavy atom. The van der Waals surface area contributed by atoms with E-state index in [9.17, 15) is 22.9 Å². The van der Waals surface area contributed by atoms with E-state index >= 15 is 0 Å². The second-order valence-corrected chi connectivity index (χ2v) is 8.38. The van der Waals surface area contributed by atoms with Crippen molar-refractivity contribution < 1.29 is 22.9 Å². The van der Waals surface area contributed by atoms with Gasteiger partial charge in [-0.1, -0.05) is 26.8 Å². The SMILES string of the molecule is CC(=O)Nc1ccc(N=Nc2cc(C(C)(C)C)ccc2O)c(S(=O)(=O)O)c1. The number of rotatable bonds is 4. The lowest BCUT2D eigenvalue weighted by Gasteiger charge is -2.19. The number of aromatic hydroxyl groups is 1. The Labute approximate surface area is 157 Å². The van der Waals surface area contributed by atoms with Gasteiger partial charge in [0, 0.05) is 12.6 Å². The predicted octanol–water partition coefficient (Wildman–Crippen LogP) is 4.31. The fourth-order valence-electron chi connectivity index (χ4n) is 2.26. The Morgan fingerprint density at radius 1 is 1.04 bits per heavy atom. The van der Waals surface area contributed by atoms with E-state index in [4.69, 9.17) is 0 Å². The molecular formula is C18H21N3O5S.